The number of carbonyl (C=O) groups is 6. The number of nitrogens with one attached hydrogen (secondary N) is 5. The molecule has 3 aliphatic rings. The number of halogens is 2. The maximum absolute atomic E-state index is 13.5. The Morgan fingerprint density at radius 2 is 1.46 bits per heavy atom. The van der Waals surface area contributed by atoms with E-state index in [1.54, 1.807) is 30.3 Å². The van der Waals surface area contributed by atoms with Crippen LogP contribution in [0.25, 0.3) is 10.9 Å². The van der Waals surface area contributed by atoms with Crippen molar-refractivity contribution >= 4 is 67.7 Å². The highest BCUT2D eigenvalue weighted by Gasteiger charge is 2.52. The number of ether oxygens (including phenoxy) is 5. The second-order valence-electron chi connectivity index (χ2n) is 15.9. The number of hydrogen-bond acceptors (Lipinski definition) is 16. The first-order valence-corrected chi connectivity index (χ1v) is 23.5. The molecular weight excluding hydrogens is 933 g/mol. The average molecular weight is 984 g/mol. The molecule has 24 heteroatoms. The highest BCUT2D eigenvalue weighted by Crippen LogP contribution is 2.34. The number of aromatic nitrogens is 1. The number of anilines is 2. The quantitative estimate of drug-likeness (QED) is 0.0299. The molecule has 0 bridgehead atoms. The Morgan fingerprint density at radius 3 is 2.12 bits per heavy atom. The van der Waals surface area contributed by atoms with Gasteiger partial charge < -0.3 is 49.3 Å². The van der Waals surface area contributed by atoms with Gasteiger partial charge in [0, 0.05) is 60.8 Å². The number of aromatic amines is 1. The van der Waals surface area contributed by atoms with Gasteiger partial charge in [-0.1, -0.05) is 6.07 Å². The number of carbonyl (C=O) groups excluding carboxylic acids is 6. The molecule has 3 unspecified atom stereocenters. The smallest absolute Gasteiger partial charge is 0.268 e. The van der Waals surface area contributed by atoms with Crippen LogP contribution in [0.3, 0.4) is 0 Å². The summed E-state index contributed by atoms with van der Waals surface area (Å²) in [6.07, 6.45) is -0.125. The van der Waals surface area contributed by atoms with E-state index in [9.17, 15) is 46.9 Å². The summed E-state index contributed by atoms with van der Waals surface area (Å²) < 4.78 is 81.4. The molecule has 69 heavy (non-hydrogen) atoms. The fraction of sp³-hybridized carbons (Fsp3) is 0.422. The Bertz CT molecular complexity index is 2670. The topological polar surface area (TPSA) is 277 Å². The van der Waals surface area contributed by atoms with Crippen molar-refractivity contribution < 1.29 is 74.7 Å². The average Bonchev–Trinajstić information content (AvgIpc) is 3.97. The number of aliphatic hydroxyl groups is 1. The highest BCUT2D eigenvalue weighted by atomic mass is 32.2. The van der Waals surface area contributed by atoms with Crippen LogP contribution in [0.1, 0.15) is 45.5 Å². The molecule has 0 radical (unpaired) electrons. The van der Waals surface area contributed by atoms with Gasteiger partial charge in [-0.25, -0.2) is 17.8 Å². The number of rotatable bonds is 26. The highest BCUT2D eigenvalue weighted by molar-refractivity contribution is 7.87. The zero-order valence-electron chi connectivity index (χ0n) is 37.2. The van der Waals surface area contributed by atoms with Crippen LogP contribution in [0.2, 0.25) is 0 Å². The van der Waals surface area contributed by atoms with E-state index in [2.05, 4.69) is 20.9 Å². The second kappa shape index (κ2) is 22.9. The molecule has 3 aliphatic heterocycles. The summed E-state index contributed by atoms with van der Waals surface area (Å²) in [5.41, 5.74) is -0.662. The Kier molecular flexibility index (Phi) is 16.8. The number of benzene rings is 3. The van der Waals surface area contributed by atoms with Crippen LogP contribution in [-0.4, -0.2) is 152 Å². The first kappa shape index (κ1) is 50.6. The van der Waals surface area contributed by atoms with Crippen LogP contribution < -0.4 is 20.9 Å². The number of hydrogen-bond donors (Lipinski definition) is 6. The lowest BCUT2D eigenvalue weighted by Gasteiger charge is -2.27. The summed E-state index contributed by atoms with van der Waals surface area (Å²) in [7, 11) is -3.73. The number of amides is 6. The van der Waals surface area contributed by atoms with Crippen molar-refractivity contribution in [2.45, 2.75) is 42.5 Å². The van der Waals surface area contributed by atoms with E-state index in [1.807, 2.05) is 0 Å². The lowest BCUT2D eigenvalue weighted by atomic mass is 10.0. The Labute approximate surface area is 394 Å². The van der Waals surface area contributed by atoms with Crippen LogP contribution >= 0.6 is 0 Å². The summed E-state index contributed by atoms with van der Waals surface area (Å²) in [6.45, 7) is 2.58. The molecular formula is C45H51F2N7O14S. The lowest BCUT2D eigenvalue weighted by Crippen LogP contribution is -2.54. The van der Waals surface area contributed by atoms with E-state index in [-0.39, 0.29) is 87.1 Å². The van der Waals surface area contributed by atoms with Gasteiger partial charge in [-0.05, 0) is 60.5 Å². The van der Waals surface area contributed by atoms with Gasteiger partial charge in [0.05, 0.1) is 83.8 Å². The maximum Gasteiger partial charge on any atom is 0.268 e. The van der Waals surface area contributed by atoms with Crippen molar-refractivity contribution in [2.24, 2.45) is 0 Å². The van der Waals surface area contributed by atoms with Crippen molar-refractivity contribution in [2.75, 3.05) is 96.0 Å². The lowest BCUT2D eigenvalue weighted by molar-refractivity contribution is -0.149. The van der Waals surface area contributed by atoms with Gasteiger partial charge in [0.15, 0.2) is 0 Å². The first-order valence-electron chi connectivity index (χ1n) is 22.0. The molecule has 1 aromatic heterocycles. The minimum atomic E-state index is -3.73. The maximum atomic E-state index is 13.5. The van der Waals surface area contributed by atoms with Crippen molar-refractivity contribution in [3.05, 3.63) is 89.0 Å². The molecule has 2 fully saturated rings. The zero-order valence-corrected chi connectivity index (χ0v) is 38.0. The zero-order chi connectivity index (χ0) is 49.1. The van der Waals surface area contributed by atoms with Crippen LogP contribution in [0.5, 0.6) is 0 Å². The fourth-order valence-corrected chi connectivity index (χ4v) is 8.74. The van der Waals surface area contributed by atoms with E-state index >= 15 is 0 Å². The van der Waals surface area contributed by atoms with Gasteiger partial charge in [0.2, 0.25) is 27.4 Å². The van der Waals surface area contributed by atoms with Crippen LogP contribution in [0.4, 0.5) is 20.2 Å². The molecule has 0 aliphatic carbocycles. The molecule has 3 atom stereocenters. The Balaban J connectivity index is 0.696. The normalized spacial score (nSPS) is 19.1. The fourth-order valence-electron chi connectivity index (χ4n) is 7.79. The molecule has 4 heterocycles. The summed E-state index contributed by atoms with van der Waals surface area (Å²) in [6, 6.07) is 12.7. The number of imide groups is 2. The number of nitrogens with zero attached hydrogens (tertiary/aromatic N) is 2. The van der Waals surface area contributed by atoms with Crippen molar-refractivity contribution in [3.8, 4) is 0 Å². The van der Waals surface area contributed by atoms with E-state index < -0.39 is 68.7 Å². The molecule has 3 aromatic carbocycles. The third-order valence-corrected chi connectivity index (χ3v) is 12.5. The molecule has 4 aromatic rings. The first-order chi connectivity index (χ1) is 33.2. The summed E-state index contributed by atoms with van der Waals surface area (Å²) in [5.74, 6) is -5.86. The Morgan fingerprint density at radius 1 is 0.826 bits per heavy atom. The van der Waals surface area contributed by atoms with Gasteiger partial charge in [-0.3, -0.25) is 43.2 Å². The molecule has 2 saturated heterocycles. The van der Waals surface area contributed by atoms with Gasteiger partial charge in [-0.15, -0.1) is 0 Å². The van der Waals surface area contributed by atoms with E-state index in [0.29, 0.717) is 74.5 Å². The predicted molar refractivity (Wildman–Crippen MR) is 239 cm³/mol. The Hall–Kier alpha value is -6.25. The second-order valence-corrected chi connectivity index (χ2v) is 17.6. The van der Waals surface area contributed by atoms with Crippen LogP contribution in [-0.2, 0) is 63.6 Å². The van der Waals surface area contributed by atoms with E-state index in [1.165, 1.54) is 17.0 Å². The monoisotopic (exact) mass is 983 g/mol. The van der Waals surface area contributed by atoms with Gasteiger partial charge >= 0.3 is 0 Å². The standard InChI is InChI=1S/C45H51F2N7O14S/c46-30-22-28(23-31(47)26-30)27-50-43(59)45(61)8-10-53(44(45)60)32-4-5-34-29(24-32)25-38(51-34)69(48,62)68-21-20-67-19-18-66-17-16-65-15-14-64-13-12-63-11-9-49-35-3-1-2-33-39(35)42(58)54(41(33)57)36-6-7-37(55)52-40(36)56/h1-5,22-26,36,48-49,51,61H,6-21,27H2,(H,50,59)(H,52,55,56). The molecule has 6 amide bonds. The van der Waals surface area contributed by atoms with Crippen molar-refractivity contribution in [1.29, 1.82) is 4.78 Å². The number of fused-ring (bicyclic) bond motifs is 2. The molecule has 7 rings (SSSR count). The van der Waals surface area contributed by atoms with Crippen LogP contribution in [0, 0.1) is 16.4 Å². The summed E-state index contributed by atoms with van der Waals surface area (Å²) in [5, 5.41) is 19.1. The predicted octanol–water partition coefficient (Wildman–Crippen LogP) is 2.16. The van der Waals surface area contributed by atoms with Gasteiger partial charge in [-0.2, -0.15) is 0 Å². The minimum absolute atomic E-state index is 0.00856. The minimum Gasteiger partial charge on any atom is -0.382 e. The third kappa shape index (κ3) is 12.3. The van der Waals surface area contributed by atoms with E-state index in [0.717, 1.165) is 17.0 Å². The van der Waals surface area contributed by atoms with Gasteiger partial charge in [0.25, 0.3) is 23.6 Å². The SMILES string of the molecule is N=S(=O)(OCCOCCOCCOCCOCCOCCNc1cccc2c1C(=O)N(C1CCC(=O)NC1=O)C2=O)c1cc2cc(N3CCC(O)(C(=O)NCc4cc(F)cc(F)c4)C3=O)ccc2[nH]1. The van der Waals surface area contributed by atoms with Crippen molar-refractivity contribution in [1.82, 2.24) is 20.5 Å². The molecule has 21 nitrogen and oxygen atoms in total. The largest absolute Gasteiger partial charge is 0.382 e. The molecule has 0 spiro atoms. The number of H-pyrrole nitrogens is 1. The van der Waals surface area contributed by atoms with Gasteiger partial charge in [0.1, 0.15) is 22.7 Å². The summed E-state index contributed by atoms with van der Waals surface area (Å²) >= 11 is 0. The van der Waals surface area contributed by atoms with Crippen LogP contribution in [0.15, 0.2) is 65.7 Å². The van der Waals surface area contributed by atoms with E-state index in [4.69, 9.17) is 32.6 Å². The molecule has 6 N–H and O–H groups in total. The number of piperidine rings is 1. The molecule has 370 valence electrons. The third-order valence-electron chi connectivity index (χ3n) is 11.2. The van der Waals surface area contributed by atoms with Crippen molar-refractivity contribution in [3.63, 3.8) is 0 Å². The molecule has 0 saturated carbocycles. The summed E-state index contributed by atoms with van der Waals surface area (Å²) in [4.78, 5) is 81.2.